The molecule has 1 saturated carbocycles. The van der Waals surface area contributed by atoms with E-state index in [-0.39, 0.29) is 11.5 Å². The Morgan fingerprint density at radius 2 is 2.12 bits per heavy atom. The smallest absolute Gasteiger partial charge is 0.410 e. The van der Waals surface area contributed by atoms with Gasteiger partial charge < -0.3 is 20.7 Å². The lowest BCUT2D eigenvalue weighted by atomic mass is 9.65. The fraction of sp³-hybridized carbons (Fsp3) is 0.611. The minimum Gasteiger partial charge on any atom is -0.444 e. The van der Waals surface area contributed by atoms with Crippen molar-refractivity contribution in [1.29, 1.82) is 0 Å². The highest BCUT2D eigenvalue weighted by Crippen LogP contribution is 2.49. The summed E-state index contributed by atoms with van der Waals surface area (Å²) in [5.74, 6) is 0. The average molecular weight is 352 g/mol. The molecule has 2 aliphatic rings. The average Bonchev–Trinajstić information content (AvgIpc) is 2.87. The Hall–Kier alpha value is -1.62. The van der Waals surface area contributed by atoms with Crippen molar-refractivity contribution >= 4 is 29.1 Å². The van der Waals surface area contributed by atoms with Gasteiger partial charge >= 0.3 is 6.09 Å². The molecule has 24 heavy (non-hydrogen) atoms. The van der Waals surface area contributed by atoms with E-state index >= 15 is 0 Å². The minimum absolute atomic E-state index is 0.199. The summed E-state index contributed by atoms with van der Waals surface area (Å²) in [6, 6.07) is 6.02. The summed E-state index contributed by atoms with van der Waals surface area (Å²) in [7, 11) is 0. The molecule has 3 N–H and O–H groups in total. The third-order valence-corrected chi connectivity index (χ3v) is 5.19. The molecule has 1 saturated heterocycles. The maximum Gasteiger partial charge on any atom is 0.410 e. The Morgan fingerprint density at radius 3 is 2.79 bits per heavy atom. The third kappa shape index (κ3) is 3.56. The Bertz CT molecular complexity index is 636. The van der Waals surface area contributed by atoms with Gasteiger partial charge in [0.05, 0.1) is 16.4 Å². The van der Waals surface area contributed by atoms with E-state index < -0.39 is 5.60 Å². The van der Waals surface area contributed by atoms with Crippen LogP contribution in [0.15, 0.2) is 18.2 Å². The number of halogens is 1. The molecule has 1 amide bonds. The number of anilines is 2. The number of likely N-dealkylation sites (tertiary alicyclic amines) is 1. The first-order valence-corrected chi connectivity index (χ1v) is 8.84. The van der Waals surface area contributed by atoms with Crippen LogP contribution in [0.5, 0.6) is 0 Å². The van der Waals surface area contributed by atoms with Gasteiger partial charge in [0.25, 0.3) is 0 Å². The molecule has 0 unspecified atom stereocenters. The number of carbonyl (C=O) groups excluding carboxylic acids is 1. The van der Waals surface area contributed by atoms with Crippen LogP contribution in [0.2, 0.25) is 5.02 Å². The van der Waals surface area contributed by atoms with Crippen molar-refractivity contribution in [3.8, 4) is 0 Å². The van der Waals surface area contributed by atoms with Crippen LogP contribution in [-0.4, -0.2) is 35.7 Å². The van der Waals surface area contributed by atoms with Gasteiger partial charge in [0.2, 0.25) is 0 Å². The van der Waals surface area contributed by atoms with Gasteiger partial charge in [-0.05, 0) is 57.6 Å². The molecule has 1 aromatic rings. The van der Waals surface area contributed by atoms with E-state index in [1.54, 1.807) is 6.07 Å². The molecule has 6 heteroatoms. The summed E-state index contributed by atoms with van der Waals surface area (Å²) in [5.41, 5.74) is 7.28. The first kappa shape index (κ1) is 17.2. The van der Waals surface area contributed by atoms with Gasteiger partial charge in [-0.2, -0.15) is 0 Å². The summed E-state index contributed by atoms with van der Waals surface area (Å²) in [6.07, 6.45) is 2.92. The quantitative estimate of drug-likeness (QED) is 0.786. The second kappa shape index (κ2) is 6.03. The van der Waals surface area contributed by atoms with Gasteiger partial charge in [0.15, 0.2) is 0 Å². The molecule has 132 valence electrons. The number of ether oxygens (including phenoxy) is 1. The number of nitrogen functional groups attached to an aromatic ring is 1. The fourth-order valence-electron chi connectivity index (χ4n) is 3.72. The summed E-state index contributed by atoms with van der Waals surface area (Å²) in [5, 5.41) is 4.05. The number of benzene rings is 1. The van der Waals surface area contributed by atoms with E-state index in [1.807, 2.05) is 37.8 Å². The highest BCUT2D eigenvalue weighted by Gasteiger charge is 2.50. The highest BCUT2D eigenvalue weighted by atomic mass is 35.5. The van der Waals surface area contributed by atoms with Gasteiger partial charge in [-0.1, -0.05) is 17.7 Å². The number of para-hydroxylation sites is 1. The van der Waals surface area contributed by atoms with Crippen molar-refractivity contribution in [2.75, 3.05) is 24.1 Å². The normalized spacial score (nSPS) is 26.3. The first-order valence-electron chi connectivity index (χ1n) is 8.46. The maximum atomic E-state index is 12.2. The van der Waals surface area contributed by atoms with Crippen LogP contribution >= 0.6 is 11.6 Å². The monoisotopic (exact) mass is 351 g/mol. The van der Waals surface area contributed by atoms with E-state index in [9.17, 15) is 4.79 Å². The van der Waals surface area contributed by atoms with Gasteiger partial charge in [-0.25, -0.2) is 4.79 Å². The van der Waals surface area contributed by atoms with Gasteiger partial charge in [0.1, 0.15) is 5.60 Å². The van der Waals surface area contributed by atoms with E-state index in [0.29, 0.717) is 16.8 Å². The molecule has 1 aliphatic heterocycles. The largest absolute Gasteiger partial charge is 0.444 e. The van der Waals surface area contributed by atoms with Crippen molar-refractivity contribution in [3.05, 3.63) is 23.2 Å². The van der Waals surface area contributed by atoms with Crippen LogP contribution < -0.4 is 11.1 Å². The van der Waals surface area contributed by atoms with Crippen LogP contribution in [0.4, 0.5) is 16.2 Å². The Morgan fingerprint density at radius 1 is 1.42 bits per heavy atom. The zero-order valence-corrected chi connectivity index (χ0v) is 15.3. The number of nitrogens with two attached hydrogens (primary N) is 1. The molecule has 1 aromatic carbocycles. The lowest BCUT2D eigenvalue weighted by molar-refractivity contribution is 0.0237. The van der Waals surface area contributed by atoms with Crippen LogP contribution in [0.3, 0.4) is 0 Å². The Balaban J connectivity index is 1.53. The number of nitrogens with one attached hydrogen (secondary N) is 1. The Labute approximate surface area is 148 Å². The number of nitrogens with zero attached hydrogens (tertiary/aromatic N) is 1. The summed E-state index contributed by atoms with van der Waals surface area (Å²) < 4.78 is 5.48. The number of amides is 1. The molecular formula is C18H26ClN3O2. The zero-order chi connectivity index (χ0) is 17.5. The summed E-state index contributed by atoms with van der Waals surface area (Å²) in [4.78, 5) is 14.0. The highest BCUT2D eigenvalue weighted by molar-refractivity contribution is 6.33. The van der Waals surface area contributed by atoms with Crippen LogP contribution in [0.25, 0.3) is 0 Å². The molecule has 1 heterocycles. The predicted molar refractivity (Wildman–Crippen MR) is 97.4 cm³/mol. The van der Waals surface area contributed by atoms with Crippen LogP contribution in [0.1, 0.15) is 40.0 Å². The molecule has 2 fully saturated rings. The van der Waals surface area contributed by atoms with Crippen LogP contribution in [0, 0.1) is 5.41 Å². The van der Waals surface area contributed by atoms with Crippen molar-refractivity contribution in [2.24, 2.45) is 5.41 Å². The molecule has 0 atom stereocenters. The molecule has 0 aromatic heterocycles. The van der Waals surface area contributed by atoms with E-state index in [1.165, 1.54) is 0 Å². The molecule has 0 bridgehead atoms. The van der Waals surface area contributed by atoms with Crippen molar-refractivity contribution < 1.29 is 9.53 Å². The standard InChI is InChI=1S/C18H26ClN3O2/c1-17(2,3)24-16(23)22-8-7-18(11-22)9-12(10-18)21-14-6-4-5-13(19)15(14)20/h4-6,12,21H,7-11,20H2,1-3H3. The number of rotatable bonds is 2. The summed E-state index contributed by atoms with van der Waals surface area (Å²) in [6.45, 7) is 7.26. The first-order chi connectivity index (χ1) is 11.2. The fourth-order valence-corrected chi connectivity index (χ4v) is 3.90. The molecule has 1 spiro atoms. The molecule has 1 aliphatic carbocycles. The van der Waals surface area contributed by atoms with E-state index in [0.717, 1.165) is 38.0 Å². The zero-order valence-electron chi connectivity index (χ0n) is 14.6. The SMILES string of the molecule is CC(C)(C)OC(=O)N1CCC2(CC(Nc3cccc(Cl)c3N)C2)C1. The third-order valence-electron chi connectivity index (χ3n) is 4.86. The maximum absolute atomic E-state index is 12.2. The van der Waals surface area contributed by atoms with Crippen molar-refractivity contribution in [2.45, 2.75) is 51.7 Å². The topological polar surface area (TPSA) is 67.6 Å². The number of hydrogen-bond donors (Lipinski definition) is 2. The molecule has 3 rings (SSSR count). The second-order valence-corrected chi connectivity index (χ2v) is 8.51. The predicted octanol–water partition coefficient (Wildman–Crippen LogP) is 4.12. The minimum atomic E-state index is -0.444. The molecular weight excluding hydrogens is 326 g/mol. The van der Waals surface area contributed by atoms with Gasteiger partial charge in [-0.3, -0.25) is 0 Å². The number of carbonyl (C=O) groups is 1. The Kier molecular flexibility index (Phi) is 4.32. The summed E-state index contributed by atoms with van der Waals surface area (Å²) >= 11 is 6.06. The lowest BCUT2D eigenvalue weighted by Gasteiger charge is -2.46. The second-order valence-electron chi connectivity index (χ2n) is 8.10. The van der Waals surface area contributed by atoms with E-state index in [4.69, 9.17) is 22.1 Å². The van der Waals surface area contributed by atoms with E-state index in [2.05, 4.69) is 5.32 Å². The van der Waals surface area contributed by atoms with Crippen molar-refractivity contribution in [1.82, 2.24) is 4.90 Å². The lowest BCUT2D eigenvalue weighted by Crippen LogP contribution is -2.47. The number of hydrogen-bond acceptors (Lipinski definition) is 4. The van der Waals surface area contributed by atoms with Crippen molar-refractivity contribution in [3.63, 3.8) is 0 Å². The van der Waals surface area contributed by atoms with Gasteiger partial charge in [-0.15, -0.1) is 0 Å². The molecule has 5 nitrogen and oxygen atoms in total. The van der Waals surface area contributed by atoms with Crippen LogP contribution in [-0.2, 0) is 4.74 Å². The molecule has 0 radical (unpaired) electrons. The van der Waals surface area contributed by atoms with Gasteiger partial charge in [0, 0.05) is 19.1 Å².